The Kier molecular flexibility index (Phi) is 3.57. The fraction of sp³-hybridized carbons (Fsp3) is 0.250. The van der Waals surface area contributed by atoms with Crippen LogP contribution < -0.4 is 5.01 Å². The number of nitrogens with zero attached hydrogens (tertiary/aromatic N) is 3. The van der Waals surface area contributed by atoms with Crippen molar-refractivity contribution in [1.29, 1.82) is 0 Å². The standard InChI is InChI=1S/C20H19N3O3/c1-13-18(26-14(2)24)20(23(21-13)15-9-5-4-6-10-15)17-12-8-7-11-16(17)19(25)22(20)3/h4-12,18H,1-3H3/t18-,20-/m0/s1. The van der Waals surface area contributed by atoms with Crippen molar-refractivity contribution in [3.05, 3.63) is 65.7 Å². The molecule has 0 aliphatic carbocycles. The van der Waals surface area contributed by atoms with Crippen LogP contribution in [0.15, 0.2) is 59.7 Å². The molecule has 2 aromatic carbocycles. The lowest BCUT2D eigenvalue weighted by atomic mass is 9.90. The quantitative estimate of drug-likeness (QED) is 0.782. The molecule has 132 valence electrons. The van der Waals surface area contributed by atoms with Gasteiger partial charge in [0.15, 0.2) is 6.10 Å². The molecule has 2 aliphatic rings. The zero-order valence-electron chi connectivity index (χ0n) is 14.8. The Morgan fingerprint density at radius 1 is 1.12 bits per heavy atom. The highest BCUT2D eigenvalue weighted by Crippen LogP contribution is 2.49. The van der Waals surface area contributed by atoms with E-state index < -0.39 is 17.7 Å². The summed E-state index contributed by atoms with van der Waals surface area (Å²) in [7, 11) is 1.73. The molecule has 0 saturated carbocycles. The smallest absolute Gasteiger partial charge is 0.303 e. The van der Waals surface area contributed by atoms with Crippen molar-refractivity contribution in [2.45, 2.75) is 25.6 Å². The number of anilines is 1. The zero-order chi connectivity index (χ0) is 18.5. The maximum atomic E-state index is 13.0. The molecular formula is C20H19N3O3. The number of esters is 1. The Hall–Kier alpha value is -3.15. The molecule has 1 spiro atoms. The van der Waals surface area contributed by atoms with Gasteiger partial charge in [-0.1, -0.05) is 36.4 Å². The maximum Gasteiger partial charge on any atom is 0.303 e. The van der Waals surface area contributed by atoms with E-state index in [4.69, 9.17) is 9.84 Å². The van der Waals surface area contributed by atoms with Crippen LogP contribution in [0.2, 0.25) is 0 Å². The van der Waals surface area contributed by atoms with Crippen LogP contribution in [0.5, 0.6) is 0 Å². The highest BCUT2D eigenvalue weighted by Gasteiger charge is 2.63. The number of fused-ring (bicyclic) bond motifs is 2. The first-order chi connectivity index (χ1) is 12.5. The number of benzene rings is 2. The summed E-state index contributed by atoms with van der Waals surface area (Å²) in [4.78, 5) is 26.4. The second kappa shape index (κ2) is 5.69. The van der Waals surface area contributed by atoms with Crippen molar-refractivity contribution >= 4 is 23.3 Å². The molecule has 0 fully saturated rings. The first-order valence-electron chi connectivity index (χ1n) is 8.43. The molecule has 4 rings (SSSR count). The van der Waals surface area contributed by atoms with E-state index in [0.29, 0.717) is 11.3 Å². The van der Waals surface area contributed by atoms with Crippen LogP contribution >= 0.6 is 0 Å². The van der Waals surface area contributed by atoms with Crippen molar-refractivity contribution in [3.63, 3.8) is 0 Å². The van der Waals surface area contributed by atoms with E-state index >= 15 is 0 Å². The molecule has 2 heterocycles. The first-order valence-corrected chi connectivity index (χ1v) is 8.43. The van der Waals surface area contributed by atoms with Gasteiger partial charge in [0.2, 0.25) is 5.66 Å². The van der Waals surface area contributed by atoms with Gasteiger partial charge in [0, 0.05) is 25.1 Å². The van der Waals surface area contributed by atoms with E-state index in [0.717, 1.165) is 11.3 Å². The van der Waals surface area contributed by atoms with Crippen molar-refractivity contribution in [3.8, 4) is 0 Å². The summed E-state index contributed by atoms with van der Waals surface area (Å²) >= 11 is 0. The van der Waals surface area contributed by atoms with E-state index in [1.165, 1.54) is 6.92 Å². The molecule has 6 heteroatoms. The van der Waals surface area contributed by atoms with E-state index in [9.17, 15) is 9.59 Å². The zero-order valence-corrected chi connectivity index (χ0v) is 14.8. The van der Waals surface area contributed by atoms with Gasteiger partial charge >= 0.3 is 5.97 Å². The SMILES string of the molecule is CC(=O)O[C@H]1C(C)=NN(c2ccccc2)[C@@]12c1ccccc1C(=O)N2C. The summed E-state index contributed by atoms with van der Waals surface area (Å²) < 4.78 is 5.68. The fourth-order valence-corrected chi connectivity index (χ4v) is 3.93. The predicted octanol–water partition coefficient (Wildman–Crippen LogP) is 2.75. The topological polar surface area (TPSA) is 62.2 Å². The van der Waals surface area contributed by atoms with Gasteiger partial charge in [-0.3, -0.25) is 9.59 Å². The molecule has 2 atom stereocenters. The first kappa shape index (κ1) is 16.3. The minimum Gasteiger partial charge on any atom is -0.451 e. The summed E-state index contributed by atoms with van der Waals surface area (Å²) in [6.07, 6.45) is -0.696. The van der Waals surface area contributed by atoms with Gasteiger partial charge in [-0.2, -0.15) is 5.10 Å². The molecule has 0 saturated heterocycles. The van der Waals surface area contributed by atoms with E-state index in [1.807, 2.05) is 55.5 Å². The fourth-order valence-electron chi connectivity index (χ4n) is 3.93. The molecular weight excluding hydrogens is 330 g/mol. The molecule has 0 bridgehead atoms. The van der Waals surface area contributed by atoms with Gasteiger partial charge in [0.1, 0.15) is 0 Å². The third-order valence-electron chi connectivity index (χ3n) is 4.98. The summed E-state index contributed by atoms with van der Waals surface area (Å²) in [5.74, 6) is -0.535. The average molecular weight is 349 g/mol. The molecule has 0 N–H and O–H groups in total. The maximum absolute atomic E-state index is 13.0. The van der Waals surface area contributed by atoms with Crippen LogP contribution in [-0.2, 0) is 15.2 Å². The third kappa shape index (κ3) is 2.02. The molecule has 1 amide bonds. The minimum atomic E-state index is -1.04. The summed E-state index contributed by atoms with van der Waals surface area (Å²) in [6, 6.07) is 17.0. The number of rotatable bonds is 2. The summed E-state index contributed by atoms with van der Waals surface area (Å²) in [6.45, 7) is 3.19. The van der Waals surface area contributed by atoms with Crippen LogP contribution in [-0.4, -0.2) is 35.6 Å². The van der Waals surface area contributed by atoms with Gasteiger partial charge in [-0.25, -0.2) is 5.01 Å². The van der Waals surface area contributed by atoms with Crippen molar-refractivity contribution < 1.29 is 14.3 Å². The third-order valence-corrected chi connectivity index (χ3v) is 4.98. The summed E-state index contributed by atoms with van der Waals surface area (Å²) in [5.41, 5.74) is 1.80. The highest BCUT2D eigenvalue weighted by atomic mass is 16.5. The number of hydrogen-bond donors (Lipinski definition) is 0. The van der Waals surface area contributed by atoms with E-state index in [-0.39, 0.29) is 5.91 Å². The Labute approximate surface area is 151 Å². The van der Waals surface area contributed by atoms with Gasteiger partial charge in [-0.15, -0.1) is 0 Å². The predicted molar refractivity (Wildman–Crippen MR) is 97.8 cm³/mol. The number of carbonyl (C=O) groups excluding carboxylic acids is 2. The lowest BCUT2D eigenvalue weighted by Crippen LogP contribution is -2.59. The average Bonchev–Trinajstić information content (AvgIpc) is 3.05. The van der Waals surface area contributed by atoms with Gasteiger partial charge in [0.25, 0.3) is 5.91 Å². The summed E-state index contributed by atoms with van der Waals surface area (Å²) in [5, 5.41) is 6.48. The van der Waals surface area contributed by atoms with E-state index in [2.05, 4.69) is 0 Å². The molecule has 2 aromatic rings. The second-order valence-corrected chi connectivity index (χ2v) is 6.51. The van der Waals surface area contributed by atoms with Crippen LogP contribution in [0.4, 0.5) is 5.69 Å². The molecule has 0 radical (unpaired) electrons. The van der Waals surface area contributed by atoms with Gasteiger partial charge < -0.3 is 9.64 Å². The molecule has 26 heavy (non-hydrogen) atoms. The normalized spacial score (nSPS) is 24.0. The highest BCUT2D eigenvalue weighted by molar-refractivity contribution is 6.04. The Morgan fingerprint density at radius 3 is 2.46 bits per heavy atom. The van der Waals surface area contributed by atoms with Crippen molar-refractivity contribution in [2.75, 3.05) is 12.1 Å². The molecule has 0 aromatic heterocycles. The second-order valence-electron chi connectivity index (χ2n) is 6.51. The van der Waals surface area contributed by atoms with E-state index in [1.54, 1.807) is 23.0 Å². The Balaban J connectivity index is 2.00. The Morgan fingerprint density at radius 2 is 1.77 bits per heavy atom. The number of carbonyl (C=O) groups is 2. The monoisotopic (exact) mass is 349 g/mol. The lowest BCUT2D eigenvalue weighted by Gasteiger charge is -2.43. The van der Waals surface area contributed by atoms with Crippen LogP contribution in [0, 0.1) is 0 Å². The number of hydrogen-bond acceptors (Lipinski definition) is 5. The largest absolute Gasteiger partial charge is 0.451 e. The number of hydrazone groups is 1. The molecule has 0 unspecified atom stereocenters. The Bertz CT molecular complexity index is 925. The minimum absolute atomic E-state index is 0.122. The number of amides is 1. The van der Waals surface area contributed by atoms with Gasteiger partial charge in [0.05, 0.1) is 11.4 Å². The number of ether oxygens (including phenoxy) is 1. The van der Waals surface area contributed by atoms with Crippen LogP contribution in [0.1, 0.15) is 29.8 Å². The lowest BCUT2D eigenvalue weighted by molar-refractivity contribution is -0.148. The van der Waals surface area contributed by atoms with Crippen molar-refractivity contribution in [1.82, 2.24) is 4.90 Å². The number of para-hydroxylation sites is 1. The van der Waals surface area contributed by atoms with Gasteiger partial charge in [-0.05, 0) is 25.1 Å². The van der Waals surface area contributed by atoms with Crippen molar-refractivity contribution in [2.24, 2.45) is 5.10 Å². The van der Waals surface area contributed by atoms with Crippen LogP contribution in [0.25, 0.3) is 0 Å². The van der Waals surface area contributed by atoms with Crippen LogP contribution in [0.3, 0.4) is 0 Å². The molecule has 6 nitrogen and oxygen atoms in total. The molecule has 2 aliphatic heterocycles. The number of likely N-dealkylation sites (N-methyl/N-ethyl adjacent to an activating group) is 1.